The van der Waals surface area contributed by atoms with Crippen molar-refractivity contribution in [3.63, 3.8) is 0 Å². The molecule has 1 aromatic heterocycles. The highest BCUT2D eigenvalue weighted by atomic mass is 32.1. The number of aliphatic hydroxyl groups is 1. The number of aromatic nitrogens is 1. The summed E-state index contributed by atoms with van der Waals surface area (Å²) in [5.41, 5.74) is 0.394. The van der Waals surface area contributed by atoms with Gasteiger partial charge in [-0.05, 0) is 33.2 Å². The number of likely N-dealkylation sites (N-methyl/N-ethyl adjacent to an activating group) is 1. The van der Waals surface area contributed by atoms with Gasteiger partial charge in [-0.1, -0.05) is 0 Å². The van der Waals surface area contributed by atoms with Gasteiger partial charge in [0.25, 0.3) is 5.91 Å². The van der Waals surface area contributed by atoms with Gasteiger partial charge in [-0.15, -0.1) is 11.3 Å². The molecule has 0 radical (unpaired) electrons. The van der Waals surface area contributed by atoms with Crippen LogP contribution in [0.25, 0.3) is 0 Å². The van der Waals surface area contributed by atoms with Crippen LogP contribution < -0.4 is 5.32 Å². The average molecular weight is 366 g/mol. The van der Waals surface area contributed by atoms with Crippen LogP contribution in [0.15, 0.2) is 5.38 Å². The van der Waals surface area contributed by atoms with Gasteiger partial charge in [-0.25, -0.2) is 4.98 Å². The Morgan fingerprint density at radius 3 is 2.60 bits per heavy atom. The molecule has 0 aromatic carbocycles. The number of carbonyl (C=O) groups excluding carboxylic acids is 2. The highest BCUT2D eigenvalue weighted by Crippen LogP contribution is 2.27. The Balaban J connectivity index is 1.52. The molecule has 1 aliphatic carbocycles. The van der Waals surface area contributed by atoms with Crippen molar-refractivity contribution in [3.05, 3.63) is 16.1 Å². The molecule has 0 bridgehead atoms. The number of aryl methyl sites for hydroxylation is 1. The van der Waals surface area contributed by atoms with E-state index in [1.54, 1.807) is 5.38 Å². The Hall–Kier alpha value is -1.51. The molecule has 3 rings (SSSR count). The molecule has 2 aliphatic rings. The van der Waals surface area contributed by atoms with Crippen molar-refractivity contribution in [1.29, 1.82) is 0 Å². The number of piperazine rings is 1. The maximum Gasteiger partial charge on any atom is 0.271 e. The largest absolute Gasteiger partial charge is 0.391 e. The monoisotopic (exact) mass is 366 g/mol. The minimum absolute atomic E-state index is 0.145. The minimum Gasteiger partial charge on any atom is -0.391 e. The van der Waals surface area contributed by atoms with E-state index < -0.39 is 6.10 Å². The molecule has 3 atom stereocenters. The van der Waals surface area contributed by atoms with Gasteiger partial charge in [0.15, 0.2) is 0 Å². The van der Waals surface area contributed by atoms with Crippen LogP contribution in [-0.2, 0) is 4.79 Å². The number of rotatable bonds is 3. The number of aliphatic hydroxyl groups excluding tert-OH is 1. The quantitative estimate of drug-likeness (QED) is 0.813. The Morgan fingerprint density at radius 1 is 1.28 bits per heavy atom. The Kier molecular flexibility index (Phi) is 5.71. The number of nitrogens with zero attached hydrogens (tertiary/aromatic N) is 3. The molecule has 2 heterocycles. The zero-order valence-electron chi connectivity index (χ0n) is 14.8. The minimum atomic E-state index is -0.696. The van der Waals surface area contributed by atoms with E-state index >= 15 is 0 Å². The number of hydrogen-bond acceptors (Lipinski definition) is 6. The lowest BCUT2D eigenvalue weighted by atomic mass is 9.83. The van der Waals surface area contributed by atoms with Crippen LogP contribution in [0, 0.1) is 12.8 Å². The maximum absolute atomic E-state index is 12.7. The smallest absolute Gasteiger partial charge is 0.271 e. The van der Waals surface area contributed by atoms with Crippen molar-refractivity contribution in [1.82, 2.24) is 20.1 Å². The molecular formula is C17H26N4O3S. The van der Waals surface area contributed by atoms with Gasteiger partial charge in [0.2, 0.25) is 5.91 Å². The van der Waals surface area contributed by atoms with Gasteiger partial charge in [-0.2, -0.15) is 0 Å². The third-order valence-corrected chi connectivity index (χ3v) is 5.92. The first-order valence-corrected chi connectivity index (χ1v) is 9.70. The van der Waals surface area contributed by atoms with Crippen LogP contribution in [0.1, 0.15) is 34.8 Å². The Morgan fingerprint density at radius 2 is 2.00 bits per heavy atom. The molecule has 2 amide bonds. The molecule has 1 aromatic rings. The van der Waals surface area contributed by atoms with Gasteiger partial charge in [-0.3, -0.25) is 9.59 Å². The lowest BCUT2D eigenvalue weighted by Gasteiger charge is -2.38. The SMILES string of the molecule is Cc1nc(C(=O)NC2CCC(C(=O)N3CCN(C)CC3)CC2O)cs1. The van der Waals surface area contributed by atoms with Crippen LogP contribution >= 0.6 is 11.3 Å². The number of nitrogens with one attached hydrogen (secondary N) is 1. The fourth-order valence-corrected chi connectivity index (χ4v) is 4.13. The summed E-state index contributed by atoms with van der Waals surface area (Å²) in [7, 11) is 2.06. The highest BCUT2D eigenvalue weighted by Gasteiger charge is 2.36. The second kappa shape index (κ2) is 7.80. The van der Waals surface area contributed by atoms with Crippen molar-refractivity contribution >= 4 is 23.2 Å². The first-order chi connectivity index (χ1) is 11.9. The summed E-state index contributed by atoms with van der Waals surface area (Å²) in [5, 5.41) is 15.8. The van der Waals surface area contributed by atoms with Gasteiger partial charge in [0.05, 0.1) is 17.2 Å². The summed E-state index contributed by atoms with van der Waals surface area (Å²) < 4.78 is 0. The fourth-order valence-electron chi connectivity index (χ4n) is 3.53. The summed E-state index contributed by atoms with van der Waals surface area (Å²) in [6, 6.07) is -0.314. The van der Waals surface area contributed by atoms with E-state index in [0.29, 0.717) is 25.0 Å². The normalized spacial score (nSPS) is 28.0. The van der Waals surface area contributed by atoms with Crippen LogP contribution in [-0.4, -0.2) is 77.1 Å². The fraction of sp³-hybridized carbons (Fsp3) is 0.706. The van der Waals surface area contributed by atoms with Crippen LogP contribution in [0.2, 0.25) is 0 Å². The third-order valence-electron chi connectivity index (χ3n) is 5.15. The van der Waals surface area contributed by atoms with Gasteiger partial charge < -0.3 is 20.2 Å². The second-order valence-corrected chi connectivity index (χ2v) is 8.10. The summed E-state index contributed by atoms with van der Waals surface area (Å²) >= 11 is 1.43. The van der Waals surface area contributed by atoms with E-state index in [4.69, 9.17) is 0 Å². The van der Waals surface area contributed by atoms with Crippen molar-refractivity contribution in [2.45, 2.75) is 38.3 Å². The zero-order valence-corrected chi connectivity index (χ0v) is 15.6. The average Bonchev–Trinajstić information content (AvgIpc) is 3.03. The molecule has 1 aliphatic heterocycles. The first-order valence-electron chi connectivity index (χ1n) is 8.82. The summed E-state index contributed by atoms with van der Waals surface area (Å²) in [6.45, 7) is 5.15. The topological polar surface area (TPSA) is 85.8 Å². The predicted molar refractivity (Wildman–Crippen MR) is 95.5 cm³/mol. The van der Waals surface area contributed by atoms with Crippen LogP contribution in [0.5, 0.6) is 0 Å². The van der Waals surface area contributed by atoms with E-state index in [2.05, 4.69) is 22.2 Å². The van der Waals surface area contributed by atoms with E-state index in [-0.39, 0.29) is 23.8 Å². The second-order valence-electron chi connectivity index (χ2n) is 7.04. The van der Waals surface area contributed by atoms with Crippen molar-refractivity contribution in [3.8, 4) is 0 Å². The Labute approximate surface area is 152 Å². The van der Waals surface area contributed by atoms with Gasteiger partial charge in [0, 0.05) is 37.5 Å². The van der Waals surface area contributed by atoms with E-state index in [1.165, 1.54) is 11.3 Å². The molecule has 2 fully saturated rings. The lowest BCUT2D eigenvalue weighted by Crippen LogP contribution is -2.52. The van der Waals surface area contributed by atoms with E-state index in [1.807, 2.05) is 11.8 Å². The van der Waals surface area contributed by atoms with E-state index in [9.17, 15) is 14.7 Å². The third kappa shape index (κ3) is 4.37. The van der Waals surface area contributed by atoms with Gasteiger partial charge >= 0.3 is 0 Å². The zero-order chi connectivity index (χ0) is 18.0. The molecule has 1 saturated heterocycles. The van der Waals surface area contributed by atoms with Crippen molar-refractivity contribution < 1.29 is 14.7 Å². The summed E-state index contributed by atoms with van der Waals surface area (Å²) in [5.74, 6) is -0.252. The van der Waals surface area contributed by atoms with Crippen molar-refractivity contribution in [2.75, 3.05) is 33.2 Å². The van der Waals surface area contributed by atoms with Gasteiger partial charge in [0.1, 0.15) is 5.69 Å². The van der Waals surface area contributed by atoms with Crippen LogP contribution in [0.3, 0.4) is 0 Å². The number of carbonyl (C=O) groups is 2. The molecule has 138 valence electrons. The maximum atomic E-state index is 12.7. The molecule has 3 unspecified atom stereocenters. The molecular weight excluding hydrogens is 340 g/mol. The first kappa shape index (κ1) is 18.3. The molecule has 1 saturated carbocycles. The molecule has 7 nitrogen and oxygen atoms in total. The summed E-state index contributed by atoms with van der Waals surface area (Å²) in [6.07, 6.45) is 1.02. The van der Waals surface area contributed by atoms with Crippen molar-refractivity contribution in [2.24, 2.45) is 5.92 Å². The molecule has 8 heteroatoms. The van der Waals surface area contributed by atoms with E-state index in [0.717, 1.165) is 31.2 Å². The number of thiazole rings is 1. The lowest BCUT2D eigenvalue weighted by molar-refractivity contribution is -0.139. The highest BCUT2D eigenvalue weighted by molar-refractivity contribution is 7.09. The Bertz CT molecular complexity index is 627. The standard InChI is InChI=1S/C17H26N4O3S/c1-11-18-14(10-25-11)16(23)19-13-4-3-12(9-15(13)22)17(24)21-7-5-20(2)6-8-21/h10,12-13,15,22H,3-9H2,1-2H3,(H,19,23). The number of amides is 2. The van der Waals surface area contributed by atoms with Crippen LogP contribution in [0.4, 0.5) is 0 Å². The number of hydrogen-bond donors (Lipinski definition) is 2. The molecule has 2 N–H and O–H groups in total. The molecule has 0 spiro atoms. The molecule has 25 heavy (non-hydrogen) atoms. The predicted octanol–water partition coefficient (Wildman–Crippen LogP) is 0.485. The summed E-state index contributed by atoms with van der Waals surface area (Å²) in [4.78, 5) is 33.2.